The zero-order valence-electron chi connectivity index (χ0n) is 18.7. The summed E-state index contributed by atoms with van der Waals surface area (Å²) in [5.74, 6) is 0.151. The fourth-order valence-corrected chi connectivity index (χ4v) is 4.52. The van der Waals surface area contributed by atoms with Gasteiger partial charge in [0.25, 0.3) is 0 Å². The summed E-state index contributed by atoms with van der Waals surface area (Å²) in [6.07, 6.45) is 3.69. The number of aromatic amines is 2. The molecule has 3 aromatic heterocycles. The lowest BCUT2D eigenvalue weighted by atomic mass is 10.00. The molecule has 0 atom stereocenters. The van der Waals surface area contributed by atoms with Gasteiger partial charge in [-0.3, -0.25) is 10.1 Å². The lowest BCUT2D eigenvalue weighted by molar-refractivity contribution is 0.411. The molecule has 0 saturated carbocycles. The molecule has 0 spiro atoms. The van der Waals surface area contributed by atoms with E-state index in [0.717, 1.165) is 55.4 Å². The number of methoxy groups -OCH3 is 1. The number of halogens is 1. The van der Waals surface area contributed by atoms with Crippen LogP contribution in [0.25, 0.3) is 55.4 Å². The van der Waals surface area contributed by atoms with Crippen LogP contribution in [0.2, 0.25) is 0 Å². The molecule has 0 unspecified atom stereocenters. The summed E-state index contributed by atoms with van der Waals surface area (Å²) < 4.78 is 19.5. The molecule has 6 heteroatoms. The number of hydrogen-bond acceptors (Lipinski definition) is 3. The zero-order valence-corrected chi connectivity index (χ0v) is 18.7. The SMILES string of the molecule is COc1cc(F)cc(-c2cccc3[nH]c(-c4n[nH]c5ccc(-c6cnccc6C)cc45)cc23)c1. The summed E-state index contributed by atoms with van der Waals surface area (Å²) in [6.45, 7) is 2.08. The highest BCUT2D eigenvalue weighted by molar-refractivity contribution is 6.02. The van der Waals surface area contributed by atoms with Gasteiger partial charge in [0.05, 0.1) is 18.3 Å². The van der Waals surface area contributed by atoms with Crippen molar-refractivity contribution in [3.63, 3.8) is 0 Å². The van der Waals surface area contributed by atoms with Crippen LogP contribution in [0.15, 0.2) is 79.1 Å². The average molecular weight is 449 g/mol. The number of aryl methyl sites for hydroxylation is 1. The van der Waals surface area contributed by atoms with Crippen LogP contribution in [0.1, 0.15) is 5.56 Å². The van der Waals surface area contributed by atoms with Gasteiger partial charge in [0.1, 0.15) is 17.3 Å². The second-order valence-corrected chi connectivity index (χ2v) is 8.35. The summed E-state index contributed by atoms with van der Waals surface area (Å²) in [5, 5.41) is 9.75. The Bertz CT molecular complexity index is 1680. The third kappa shape index (κ3) is 3.31. The van der Waals surface area contributed by atoms with E-state index in [1.54, 1.807) is 6.20 Å². The molecule has 166 valence electrons. The second kappa shape index (κ2) is 7.85. The highest BCUT2D eigenvalue weighted by Crippen LogP contribution is 2.36. The van der Waals surface area contributed by atoms with Crippen molar-refractivity contribution in [2.75, 3.05) is 7.11 Å². The minimum atomic E-state index is -0.335. The van der Waals surface area contributed by atoms with Crippen LogP contribution in [-0.4, -0.2) is 27.3 Å². The maximum absolute atomic E-state index is 14.2. The Balaban J connectivity index is 1.51. The van der Waals surface area contributed by atoms with Crippen molar-refractivity contribution >= 4 is 21.8 Å². The number of benzene rings is 3. The average Bonchev–Trinajstić information content (AvgIpc) is 3.47. The standard InChI is InChI=1S/C28H21FN4O/c1-16-8-9-30-15-24(16)17-6-7-26-23(12-17)28(33-32-26)27-14-22-21(4-3-5-25(22)31-27)18-10-19(29)13-20(11-18)34-2/h3-15,31H,1-2H3,(H,32,33). The van der Waals surface area contributed by atoms with Crippen LogP contribution >= 0.6 is 0 Å². The predicted molar refractivity (Wildman–Crippen MR) is 133 cm³/mol. The summed E-state index contributed by atoms with van der Waals surface area (Å²) in [6, 6.07) is 21.0. The summed E-state index contributed by atoms with van der Waals surface area (Å²) in [5.41, 5.74) is 8.65. The number of ether oxygens (including phenoxy) is 1. The minimum Gasteiger partial charge on any atom is -0.497 e. The molecule has 3 aromatic carbocycles. The number of nitrogens with one attached hydrogen (secondary N) is 2. The van der Waals surface area contributed by atoms with Crippen molar-refractivity contribution in [1.29, 1.82) is 0 Å². The Kier molecular flexibility index (Phi) is 4.66. The number of H-pyrrole nitrogens is 2. The molecular weight excluding hydrogens is 427 g/mol. The van der Waals surface area contributed by atoms with Gasteiger partial charge in [-0.1, -0.05) is 18.2 Å². The summed E-state index contributed by atoms with van der Waals surface area (Å²) in [7, 11) is 1.54. The monoisotopic (exact) mass is 448 g/mol. The van der Waals surface area contributed by atoms with Crippen molar-refractivity contribution in [2.24, 2.45) is 0 Å². The molecule has 5 nitrogen and oxygen atoms in total. The molecule has 6 aromatic rings. The fourth-order valence-electron chi connectivity index (χ4n) is 4.52. The van der Waals surface area contributed by atoms with Crippen molar-refractivity contribution < 1.29 is 9.13 Å². The Morgan fingerprint density at radius 3 is 2.62 bits per heavy atom. The molecule has 0 saturated heterocycles. The van der Waals surface area contributed by atoms with Gasteiger partial charge in [-0.05, 0) is 71.6 Å². The van der Waals surface area contributed by atoms with E-state index in [9.17, 15) is 4.39 Å². The Labute approximate surface area is 195 Å². The Hall–Kier alpha value is -4.45. The first-order valence-corrected chi connectivity index (χ1v) is 11.0. The first-order chi connectivity index (χ1) is 16.6. The largest absolute Gasteiger partial charge is 0.497 e. The van der Waals surface area contributed by atoms with Gasteiger partial charge in [0.2, 0.25) is 0 Å². The van der Waals surface area contributed by atoms with Gasteiger partial charge >= 0.3 is 0 Å². The number of rotatable bonds is 4. The van der Waals surface area contributed by atoms with Crippen LogP contribution in [0.5, 0.6) is 5.75 Å². The Morgan fingerprint density at radius 1 is 0.853 bits per heavy atom. The third-order valence-corrected chi connectivity index (χ3v) is 6.25. The van der Waals surface area contributed by atoms with Gasteiger partial charge in [-0.25, -0.2) is 4.39 Å². The maximum atomic E-state index is 14.2. The van der Waals surface area contributed by atoms with E-state index in [4.69, 9.17) is 4.74 Å². The van der Waals surface area contributed by atoms with Gasteiger partial charge in [0.15, 0.2) is 0 Å². The number of pyridine rings is 1. The van der Waals surface area contributed by atoms with Crippen molar-refractivity contribution in [3.8, 4) is 39.4 Å². The summed E-state index contributed by atoms with van der Waals surface area (Å²) >= 11 is 0. The number of nitrogens with zero attached hydrogens (tertiary/aromatic N) is 2. The van der Waals surface area contributed by atoms with Gasteiger partial charge in [-0.15, -0.1) is 0 Å². The molecule has 0 radical (unpaired) electrons. The topological polar surface area (TPSA) is 66.6 Å². The van der Waals surface area contributed by atoms with Crippen LogP contribution in [-0.2, 0) is 0 Å². The molecule has 2 N–H and O–H groups in total. The lowest BCUT2D eigenvalue weighted by Crippen LogP contribution is -1.87. The second-order valence-electron chi connectivity index (χ2n) is 8.35. The van der Waals surface area contributed by atoms with E-state index in [2.05, 4.69) is 45.3 Å². The number of fused-ring (bicyclic) bond motifs is 2. The molecule has 0 aliphatic rings. The van der Waals surface area contributed by atoms with Crippen LogP contribution < -0.4 is 4.74 Å². The smallest absolute Gasteiger partial charge is 0.127 e. The van der Waals surface area contributed by atoms with E-state index < -0.39 is 0 Å². The van der Waals surface area contributed by atoms with E-state index in [-0.39, 0.29) is 5.82 Å². The predicted octanol–water partition coefficient (Wildman–Crippen LogP) is 6.90. The number of aromatic nitrogens is 4. The summed E-state index contributed by atoms with van der Waals surface area (Å²) in [4.78, 5) is 7.79. The molecule has 6 rings (SSSR count). The first-order valence-electron chi connectivity index (χ1n) is 11.0. The first kappa shape index (κ1) is 20.2. The van der Waals surface area contributed by atoms with Crippen LogP contribution in [0.3, 0.4) is 0 Å². The van der Waals surface area contributed by atoms with E-state index in [1.165, 1.54) is 24.8 Å². The molecular formula is C28H21FN4O. The highest BCUT2D eigenvalue weighted by Gasteiger charge is 2.15. The highest BCUT2D eigenvalue weighted by atomic mass is 19.1. The van der Waals surface area contributed by atoms with E-state index in [0.29, 0.717) is 5.75 Å². The van der Waals surface area contributed by atoms with Gasteiger partial charge in [-0.2, -0.15) is 5.10 Å². The van der Waals surface area contributed by atoms with Crippen molar-refractivity contribution in [1.82, 2.24) is 20.2 Å². The molecule has 0 amide bonds. The zero-order chi connectivity index (χ0) is 23.2. The molecule has 3 heterocycles. The molecule has 0 aliphatic heterocycles. The van der Waals surface area contributed by atoms with Gasteiger partial charge < -0.3 is 9.72 Å². The van der Waals surface area contributed by atoms with Crippen LogP contribution in [0.4, 0.5) is 4.39 Å². The third-order valence-electron chi connectivity index (χ3n) is 6.25. The maximum Gasteiger partial charge on any atom is 0.127 e. The lowest BCUT2D eigenvalue weighted by Gasteiger charge is -2.07. The quantitative estimate of drug-likeness (QED) is 0.308. The fraction of sp³-hybridized carbons (Fsp3) is 0.0714. The molecule has 0 bridgehead atoms. The normalized spacial score (nSPS) is 11.4. The molecule has 0 aliphatic carbocycles. The Morgan fingerprint density at radius 2 is 1.76 bits per heavy atom. The van der Waals surface area contributed by atoms with E-state index in [1.807, 2.05) is 42.6 Å². The van der Waals surface area contributed by atoms with Gasteiger partial charge in [0, 0.05) is 40.3 Å². The minimum absolute atomic E-state index is 0.335. The van der Waals surface area contributed by atoms with Crippen molar-refractivity contribution in [3.05, 3.63) is 90.5 Å². The van der Waals surface area contributed by atoms with Crippen molar-refractivity contribution in [2.45, 2.75) is 6.92 Å². The van der Waals surface area contributed by atoms with E-state index >= 15 is 0 Å². The molecule has 34 heavy (non-hydrogen) atoms. The molecule has 0 fully saturated rings. The number of hydrogen-bond donors (Lipinski definition) is 2. The van der Waals surface area contributed by atoms with Crippen LogP contribution in [0, 0.1) is 12.7 Å².